The average molecular weight is 625 g/mol. The second-order valence-electron chi connectivity index (χ2n) is 11.2. The van der Waals surface area contributed by atoms with Crippen LogP contribution in [0.25, 0.3) is 44.5 Å². The molecule has 0 aromatic heterocycles. The Kier molecular flexibility index (Phi) is 9.47. The molecule has 0 heterocycles. The van der Waals surface area contributed by atoms with Gasteiger partial charge in [-0.2, -0.15) is 0 Å². The van der Waals surface area contributed by atoms with Crippen molar-refractivity contribution in [1.29, 1.82) is 0 Å². The Hall–Kier alpha value is -5.10. The van der Waals surface area contributed by atoms with Gasteiger partial charge in [-0.1, -0.05) is 126 Å². The zero-order chi connectivity index (χ0) is 33.1. The molecule has 0 aliphatic heterocycles. The van der Waals surface area contributed by atoms with Crippen molar-refractivity contribution in [3.63, 3.8) is 0 Å². The van der Waals surface area contributed by atoms with Crippen LogP contribution >= 0.6 is 0 Å². The highest BCUT2D eigenvalue weighted by molar-refractivity contribution is 5.73. The molecule has 232 valence electrons. The fourth-order valence-electron chi connectivity index (χ4n) is 5.03. The van der Waals surface area contributed by atoms with Crippen LogP contribution in [0.4, 0.5) is 26.3 Å². The van der Waals surface area contributed by atoms with Crippen LogP contribution in [0.2, 0.25) is 0 Å². The smallest absolute Gasteiger partial charge is 0.167 e. The number of aryl methyl sites for hydroxylation is 4. The van der Waals surface area contributed by atoms with Crippen LogP contribution in [0.5, 0.6) is 0 Å². The molecule has 0 fully saturated rings. The van der Waals surface area contributed by atoms with E-state index in [-0.39, 0.29) is 33.4 Å². The predicted octanol–water partition coefficient (Wildman–Crippen LogP) is 12.1. The molecule has 6 heteroatoms. The van der Waals surface area contributed by atoms with E-state index in [4.69, 9.17) is 0 Å². The van der Waals surface area contributed by atoms with Gasteiger partial charge in [-0.05, 0) is 49.9 Å². The molecule has 0 saturated carbocycles. The Morgan fingerprint density at radius 2 is 0.500 bits per heavy atom. The van der Waals surface area contributed by atoms with Gasteiger partial charge >= 0.3 is 0 Å². The van der Waals surface area contributed by atoms with E-state index in [9.17, 15) is 26.3 Å². The van der Waals surface area contributed by atoms with Gasteiger partial charge in [0.25, 0.3) is 0 Å². The molecule has 0 aliphatic rings. The molecule has 0 radical (unpaired) electrons. The fourth-order valence-corrected chi connectivity index (χ4v) is 5.03. The van der Waals surface area contributed by atoms with E-state index < -0.39 is 34.9 Å². The predicted molar refractivity (Wildman–Crippen MR) is 173 cm³/mol. The number of benzene rings is 6. The van der Waals surface area contributed by atoms with E-state index in [2.05, 4.69) is 0 Å². The molecule has 6 aromatic rings. The summed E-state index contributed by atoms with van der Waals surface area (Å²) in [6.45, 7) is 7.21. The van der Waals surface area contributed by atoms with Crippen molar-refractivity contribution in [2.24, 2.45) is 0 Å². The molecule has 0 aliphatic carbocycles. The number of hydrogen-bond donors (Lipinski definition) is 0. The van der Waals surface area contributed by atoms with Gasteiger partial charge in [0.05, 0.1) is 0 Å². The first-order valence-corrected chi connectivity index (χ1v) is 14.6. The number of rotatable bonds is 4. The maximum absolute atomic E-state index is 14.5. The Balaban J connectivity index is 0.000000182. The molecule has 6 rings (SSSR count). The third-order valence-corrected chi connectivity index (χ3v) is 7.82. The van der Waals surface area contributed by atoms with Gasteiger partial charge in [0.2, 0.25) is 0 Å². The van der Waals surface area contributed by atoms with Crippen LogP contribution in [0.3, 0.4) is 0 Å². The topological polar surface area (TPSA) is 0 Å². The molecule has 46 heavy (non-hydrogen) atoms. The summed E-state index contributed by atoms with van der Waals surface area (Å²) in [4.78, 5) is 0. The van der Waals surface area contributed by atoms with Crippen molar-refractivity contribution in [2.45, 2.75) is 27.7 Å². The van der Waals surface area contributed by atoms with E-state index in [1.807, 2.05) is 45.0 Å². The molecule has 0 saturated heterocycles. The first-order chi connectivity index (χ1) is 22.0. The summed E-state index contributed by atoms with van der Waals surface area (Å²) in [6, 6.07) is 30.2. The van der Waals surface area contributed by atoms with Crippen molar-refractivity contribution in [2.75, 3.05) is 0 Å². The first-order valence-electron chi connectivity index (χ1n) is 14.6. The van der Waals surface area contributed by atoms with E-state index in [0.29, 0.717) is 16.7 Å². The van der Waals surface area contributed by atoms with Gasteiger partial charge in [-0.25, -0.2) is 26.3 Å². The van der Waals surface area contributed by atoms with Gasteiger partial charge in [0.15, 0.2) is 34.9 Å². The first kappa shape index (κ1) is 32.3. The van der Waals surface area contributed by atoms with Gasteiger partial charge in [0.1, 0.15) is 0 Å². The van der Waals surface area contributed by atoms with Gasteiger partial charge in [0, 0.05) is 27.8 Å². The van der Waals surface area contributed by atoms with Crippen molar-refractivity contribution in [1.82, 2.24) is 0 Å². The molecule has 6 aromatic carbocycles. The third kappa shape index (κ3) is 6.62. The summed E-state index contributed by atoms with van der Waals surface area (Å²) >= 11 is 0. The van der Waals surface area contributed by atoms with Crippen LogP contribution < -0.4 is 0 Å². The Morgan fingerprint density at radius 1 is 0.261 bits per heavy atom. The molecule has 0 bridgehead atoms. The summed E-state index contributed by atoms with van der Waals surface area (Å²) in [6.07, 6.45) is 0. The SMILES string of the molecule is Cc1ccc(-c2ccc(-c3ccc(C)c(F)c3F)c(F)c2F)cc1.Cc1ccc(-c2ccc(-c3ccc(C)cc3)c(F)c2F)cc1. The lowest BCUT2D eigenvalue weighted by Crippen LogP contribution is -1.98. The summed E-state index contributed by atoms with van der Waals surface area (Å²) in [5.74, 6) is -6.14. The largest absolute Gasteiger partial charge is 0.203 e. The van der Waals surface area contributed by atoms with Crippen molar-refractivity contribution in [3.8, 4) is 44.5 Å². The zero-order valence-corrected chi connectivity index (χ0v) is 25.7. The molecule has 0 nitrogen and oxygen atoms in total. The second kappa shape index (κ2) is 13.5. The lowest BCUT2D eigenvalue weighted by Gasteiger charge is -2.11. The van der Waals surface area contributed by atoms with E-state index >= 15 is 0 Å². The average Bonchev–Trinajstić information content (AvgIpc) is 3.05. The van der Waals surface area contributed by atoms with Crippen LogP contribution in [0, 0.1) is 62.6 Å². The van der Waals surface area contributed by atoms with Crippen LogP contribution in [-0.4, -0.2) is 0 Å². The summed E-state index contributed by atoms with van der Waals surface area (Å²) in [5, 5.41) is 0. The highest BCUT2D eigenvalue weighted by atomic mass is 19.2. The summed E-state index contributed by atoms with van der Waals surface area (Å²) < 4.78 is 85.6. The molecular formula is C40H30F6. The molecule has 0 N–H and O–H groups in total. The maximum atomic E-state index is 14.5. The van der Waals surface area contributed by atoms with Gasteiger partial charge < -0.3 is 0 Å². The molecule has 0 spiro atoms. The Morgan fingerprint density at radius 3 is 0.826 bits per heavy atom. The lowest BCUT2D eigenvalue weighted by molar-refractivity contribution is 0.499. The van der Waals surface area contributed by atoms with Gasteiger partial charge in [-0.15, -0.1) is 0 Å². The van der Waals surface area contributed by atoms with Crippen LogP contribution in [-0.2, 0) is 0 Å². The van der Waals surface area contributed by atoms with Crippen molar-refractivity contribution >= 4 is 0 Å². The minimum atomic E-state index is -1.20. The zero-order valence-electron chi connectivity index (χ0n) is 25.7. The standard InChI is InChI=1S/C20H14F4.C20H16F2/c1-11-3-6-13(7-4-11)14-9-10-16(20(24)18(14)22)15-8-5-12(2)17(21)19(15)23;1-13-3-7-15(8-4-13)17-11-12-18(20(22)19(17)21)16-9-5-14(2)6-10-16/h3-10H,1-2H3;3-12H,1-2H3. The second-order valence-corrected chi connectivity index (χ2v) is 11.2. The maximum Gasteiger partial charge on any atom is 0.167 e. The highest BCUT2D eigenvalue weighted by Crippen LogP contribution is 2.34. The molecule has 0 atom stereocenters. The monoisotopic (exact) mass is 624 g/mol. The summed E-state index contributed by atoms with van der Waals surface area (Å²) in [7, 11) is 0. The van der Waals surface area contributed by atoms with Gasteiger partial charge in [-0.3, -0.25) is 0 Å². The minimum absolute atomic E-state index is 0.0734. The Bertz CT molecular complexity index is 1940. The van der Waals surface area contributed by atoms with E-state index in [1.54, 1.807) is 60.7 Å². The molecule has 0 amide bonds. The quantitative estimate of drug-likeness (QED) is 0.171. The minimum Gasteiger partial charge on any atom is -0.203 e. The fraction of sp³-hybridized carbons (Fsp3) is 0.100. The van der Waals surface area contributed by atoms with E-state index in [0.717, 1.165) is 16.7 Å². The third-order valence-electron chi connectivity index (χ3n) is 7.82. The van der Waals surface area contributed by atoms with Crippen LogP contribution in [0.1, 0.15) is 22.3 Å². The molecule has 0 unspecified atom stereocenters. The van der Waals surface area contributed by atoms with Crippen LogP contribution in [0.15, 0.2) is 109 Å². The number of hydrogen-bond acceptors (Lipinski definition) is 0. The lowest BCUT2D eigenvalue weighted by atomic mass is 9.97. The van der Waals surface area contributed by atoms with Crippen molar-refractivity contribution in [3.05, 3.63) is 166 Å². The van der Waals surface area contributed by atoms with Crippen molar-refractivity contribution < 1.29 is 26.3 Å². The number of halogens is 6. The van der Waals surface area contributed by atoms with E-state index in [1.165, 1.54) is 31.2 Å². The summed E-state index contributed by atoms with van der Waals surface area (Å²) in [5.41, 5.74) is 5.17. The Labute approximate surface area is 264 Å². The molecular weight excluding hydrogens is 594 g/mol. The normalized spacial score (nSPS) is 10.8. The highest BCUT2D eigenvalue weighted by Gasteiger charge is 2.20.